The van der Waals surface area contributed by atoms with E-state index in [1.165, 1.54) is 19.2 Å². The lowest BCUT2D eigenvalue weighted by atomic mass is 10.00. The zero-order valence-corrected chi connectivity index (χ0v) is 24.9. The van der Waals surface area contributed by atoms with Crippen molar-refractivity contribution >= 4 is 21.6 Å². The predicted octanol–water partition coefficient (Wildman–Crippen LogP) is 5.16. The number of benzene rings is 4. The Morgan fingerprint density at radius 2 is 1.45 bits per heavy atom. The summed E-state index contributed by atoms with van der Waals surface area (Å²) < 4.78 is 66.5. The van der Waals surface area contributed by atoms with Crippen molar-refractivity contribution in [2.75, 3.05) is 17.9 Å². The molecule has 44 heavy (non-hydrogen) atoms. The molecule has 0 aliphatic carbocycles. The van der Waals surface area contributed by atoms with Crippen molar-refractivity contribution < 1.29 is 31.5 Å². The van der Waals surface area contributed by atoms with Crippen LogP contribution in [-0.2, 0) is 34.9 Å². The number of aliphatic hydroxyl groups is 1. The Balaban J connectivity index is 1.45. The predicted molar refractivity (Wildman–Crippen MR) is 164 cm³/mol. The molecule has 1 amide bonds. The van der Waals surface area contributed by atoms with Gasteiger partial charge in [0.15, 0.2) is 0 Å². The van der Waals surface area contributed by atoms with E-state index in [1.807, 2.05) is 30.3 Å². The fraction of sp³-hybridized carbons (Fsp3) is 0.242. The maximum atomic E-state index is 13.4. The Kier molecular flexibility index (Phi) is 10.8. The molecule has 232 valence electrons. The summed E-state index contributed by atoms with van der Waals surface area (Å²) in [5, 5.41) is 16.9. The van der Waals surface area contributed by atoms with Gasteiger partial charge in [0.25, 0.3) is 5.91 Å². The first-order valence-electron chi connectivity index (χ1n) is 13.9. The lowest BCUT2D eigenvalue weighted by molar-refractivity contribution is -0.137. The van der Waals surface area contributed by atoms with Gasteiger partial charge in [-0.1, -0.05) is 84.9 Å². The number of alkyl halides is 3. The van der Waals surface area contributed by atoms with Crippen LogP contribution in [0.5, 0.6) is 0 Å². The highest BCUT2D eigenvalue weighted by atomic mass is 32.2. The largest absolute Gasteiger partial charge is 0.416 e. The van der Waals surface area contributed by atoms with Crippen LogP contribution in [0.3, 0.4) is 0 Å². The Morgan fingerprint density at radius 1 is 0.841 bits per heavy atom. The first kappa shape index (κ1) is 32.7. The summed E-state index contributed by atoms with van der Waals surface area (Å²) in [5.41, 5.74) is 1.64. The van der Waals surface area contributed by atoms with Crippen LogP contribution < -0.4 is 14.9 Å². The van der Waals surface area contributed by atoms with Gasteiger partial charge in [-0.3, -0.25) is 9.10 Å². The fourth-order valence-corrected chi connectivity index (χ4v) is 5.89. The number of anilines is 1. The van der Waals surface area contributed by atoms with Crippen molar-refractivity contribution in [3.63, 3.8) is 0 Å². The number of carbonyl (C=O) groups is 1. The van der Waals surface area contributed by atoms with Gasteiger partial charge < -0.3 is 15.7 Å². The molecule has 0 aromatic heterocycles. The maximum Gasteiger partial charge on any atom is 0.416 e. The molecule has 0 radical (unpaired) electrons. The molecule has 4 aromatic carbocycles. The Bertz CT molecular complexity index is 1640. The number of carbonyl (C=O) groups excluding carboxylic acids is 1. The number of halogens is 3. The second kappa shape index (κ2) is 14.5. The third-order valence-electron chi connectivity index (χ3n) is 7.10. The summed E-state index contributed by atoms with van der Waals surface area (Å²) in [6.07, 6.45) is -5.27. The van der Waals surface area contributed by atoms with E-state index >= 15 is 0 Å². The zero-order valence-electron chi connectivity index (χ0n) is 24.0. The minimum atomic E-state index is -4.46. The topological polar surface area (TPSA) is 98.7 Å². The standard InChI is InChI=1S/C33H34F3N3O4S/c1-39(44(42,43)23-25-12-6-3-7-13-25)29-17-9-15-27(20-29)32(41)38-30(19-24-10-4-2-5-11-24)31(40)22-37-21-26-14-8-16-28(18-26)33(34,35)36/h2-18,20,30-31,37,40H,19,21-23H2,1H3,(H,38,41)/t30-,31+/m0/s1. The van der Waals surface area contributed by atoms with E-state index in [-0.39, 0.29) is 30.8 Å². The van der Waals surface area contributed by atoms with Gasteiger partial charge in [-0.25, -0.2) is 8.42 Å². The molecule has 0 aliphatic rings. The molecule has 4 aromatic rings. The van der Waals surface area contributed by atoms with Gasteiger partial charge in [0.1, 0.15) is 0 Å². The van der Waals surface area contributed by atoms with Crippen LogP contribution in [0, 0.1) is 0 Å². The summed E-state index contributed by atoms with van der Waals surface area (Å²) in [6, 6.07) is 28.4. The van der Waals surface area contributed by atoms with E-state index in [1.54, 1.807) is 54.6 Å². The third kappa shape index (κ3) is 9.15. The van der Waals surface area contributed by atoms with Crippen LogP contribution in [0.15, 0.2) is 109 Å². The minimum absolute atomic E-state index is 0.00542. The second-order valence-corrected chi connectivity index (χ2v) is 12.4. The molecule has 0 aliphatic heterocycles. The number of hydrogen-bond donors (Lipinski definition) is 3. The van der Waals surface area contributed by atoms with Gasteiger partial charge >= 0.3 is 6.18 Å². The van der Waals surface area contributed by atoms with E-state index in [0.29, 0.717) is 16.8 Å². The van der Waals surface area contributed by atoms with Crippen LogP contribution >= 0.6 is 0 Å². The second-order valence-electron chi connectivity index (χ2n) is 10.4. The Hall–Kier alpha value is -4.19. The summed E-state index contributed by atoms with van der Waals surface area (Å²) >= 11 is 0. The molecule has 0 saturated heterocycles. The number of aliphatic hydroxyl groups excluding tert-OH is 1. The van der Waals surface area contributed by atoms with Crippen molar-refractivity contribution in [1.82, 2.24) is 10.6 Å². The molecule has 2 atom stereocenters. The number of hydrogen-bond acceptors (Lipinski definition) is 5. The van der Waals surface area contributed by atoms with Gasteiger partial charge in [0, 0.05) is 25.7 Å². The van der Waals surface area contributed by atoms with Crippen LogP contribution in [0.1, 0.15) is 32.6 Å². The molecular weight excluding hydrogens is 591 g/mol. The molecule has 11 heteroatoms. The van der Waals surface area contributed by atoms with Gasteiger partial charge in [-0.2, -0.15) is 13.2 Å². The van der Waals surface area contributed by atoms with Gasteiger partial charge in [0.05, 0.1) is 29.1 Å². The van der Waals surface area contributed by atoms with Gasteiger partial charge in [-0.15, -0.1) is 0 Å². The first-order valence-corrected chi connectivity index (χ1v) is 15.5. The molecular formula is C33H34F3N3O4S. The Labute approximate surface area is 255 Å². The van der Waals surface area contributed by atoms with Crippen molar-refractivity contribution in [2.45, 2.75) is 37.0 Å². The van der Waals surface area contributed by atoms with Crippen molar-refractivity contribution in [2.24, 2.45) is 0 Å². The minimum Gasteiger partial charge on any atom is -0.390 e. The van der Waals surface area contributed by atoms with Crippen LogP contribution in [-0.4, -0.2) is 45.2 Å². The number of nitrogens with one attached hydrogen (secondary N) is 2. The lowest BCUT2D eigenvalue weighted by Crippen LogP contribution is -2.48. The van der Waals surface area contributed by atoms with Crippen LogP contribution in [0.2, 0.25) is 0 Å². The highest BCUT2D eigenvalue weighted by molar-refractivity contribution is 7.92. The third-order valence-corrected chi connectivity index (χ3v) is 8.84. The quantitative estimate of drug-likeness (QED) is 0.191. The molecule has 0 heterocycles. The maximum absolute atomic E-state index is 13.4. The average molecular weight is 626 g/mol. The summed E-state index contributed by atoms with van der Waals surface area (Å²) in [6.45, 7) is 0.0767. The van der Waals surface area contributed by atoms with Gasteiger partial charge in [0.2, 0.25) is 10.0 Å². The molecule has 3 N–H and O–H groups in total. The number of rotatable bonds is 13. The zero-order chi connectivity index (χ0) is 31.7. The van der Waals surface area contributed by atoms with Crippen molar-refractivity contribution in [3.8, 4) is 0 Å². The smallest absolute Gasteiger partial charge is 0.390 e. The Morgan fingerprint density at radius 3 is 2.11 bits per heavy atom. The highest BCUT2D eigenvalue weighted by Gasteiger charge is 2.30. The molecule has 0 spiro atoms. The summed E-state index contributed by atoms with van der Waals surface area (Å²) in [4.78, 5) is 13.4. The first-order chi connectivity index (χ1) is 20.9. The van der Waals surface area contributed by atoms with E-state index < -0.39 is 39.8 Å². The molecule has 0 bridgehead atoms. The SMILES string of the molecule is CN(c1cccc(C(=O)N[C@@H](Cc2ccccc2)[C@H](O)CNCc2cccc(C(F)(F)F)c2)c1)S(=O)(=O)Cc1ccccc1. The highest BCUT2D eigenvalue weighted by Crippen LogP contribution is 2.29. The summed E-state index contributed by atoms with van der Waals surface area (Å²) in [7, 11) is -2.32. The van der Waals surface area contributed by atoms with Crippen molar-refractivity contribution in [1.29, 1.82) is 0 Å². The number of amides is 1. The number of nitrogens with zero attached hydrogens (tertiary/aromatic N) is 1. The fourth-order valence-electron chi connectivity index (χ4n) is 4.65. The molecule has 0 saturated carbocycles. The summed E-state index contributed by atoms with van der Waals surface area (Å²) in [5.74, 6) is -0.724. The van der Waals surface area contributed by atoms with E-state index in [9.17, 15) is 31.5 Å². The van der Waals surface area contributed by atoms with Crippen molar-refractivity contribution in [3.05, 3.63) is 137 Å². The normalized spacial score (nSPS) is 13.2. The van der Waals surface area contributed by atoms with E-state index in [2.05, 4.69) is 10.6 Å². The van der Waals surface area contributed by atoms with Crippen LogP contribution in [0.25, 0.3) is 0 Å². The average Bonchev–Trinajstić information content (AvgIpc) is 3.01. The van der Waals surface area contributed by atoms with E-state index in [0.717, 1.165) is 22.0 Å². The lowest BCUT2D eigenvalue weighted by Gasteiger charge is -2.25. The van der Waals surface area contributed by atoms with Crippen LogP contribution in [0.4, 0.5) is 18.9 Å². The van der Waals surface area contributed by atoms with Gasteiger partial charge in [-0.05, 0) is 47.4 Å². The van der Waals surface area contributed by atoms with E-state index in [4.69, 9.17) is 0 Å². The molecule has 0 fully saturated rings. The molecule has 7 nitrogen and oxygen atoms in total. The molecule has 4 rings (SSSR count). The number of sulfonamides is 1. The molecule has 0 unspecified atom stereocenters. The monoisotopic (exact) mass is 625 g/mol.